The van der Waals surface area contributed by atoms with Gasteiger partial charge in [0.15, 0.2) is 10.6 Å². The summed E-state index contributed by atoms with van der Waals surface area (Å²) < 4.78 is 73.7. The number of ether oxygens (including phenoxy) is 1. The number of anilines is 1. The van der Waals surface area contributed by atoms with Crippen LogP contribution in [0.1, 0.15) is 27.2 Å². The molecule has 33 heavy (non-hydrogen) atoms. The molecule has 12 heteroatoms. The molecule has 3 rings (SSSR count). The Morgan fingerprint density at radius 2 is 1.91 bits per heavy atom. The van der Waals surface area contributed by atoms with E-state index in [2.05, 4.69) is 20.0 Å². The van der Waals surface area contributed by atoms with E-state index < -0.39 is 52.0 Å². The van der Waals surface area contributed by atoms with Crippen LogP contribution < -0.4 is 14.8 Å². The van der Waals surface area contributed by atoms with E-state index in [9.17, 15) is 26.9 Å². The van der Waals surface area contributed by atoms with Crippen molar-refractivity contribution in [2.45, 2.75) is 24.9 Å². The Kier molecular flexibility index (Phi) is 7.20. The van der Waals surface area contributed by atoms with Gasteiger partial charge >= 0.3 is 6.18 Å². The first-order chi connectivity index (χ1) is 15.5. The maximum atomic E-state index is 13.5. The second-order valence-corrected chi connectivity index (χ2v) is 8.17. The van der Waals surface area contributed by atoms with Gasteiger partial charge in [-0.1, -0.05) is 6.07 Å². The fraction of sp³-hybridized carbons (Fsp3) is 0.190. The van der Waals surface area contributed by atoms with Crippen LogP contribution in [0, 0.1) is 19.8 Å². The molecule has 1 aromatic carbocycles. The van der Waals surface area contributed by atoms with Crippen LogP contribution in [-0.4, -0.2) is 27.5 Å². The van der Waals surface area contributed by atoms with Crippen molar-refractivity contribution in [2.24, 2.45) is 0 Å². The van der Waals surface area contributed by atoms with Crippen LogP contribution in [0.2, 0.25) is 0 Å². The number of hydrogen-bond donors (Lipinski definition) is 2. The van der Waals surface area contributed by atoms with Crippen molar-refractivity contribution in [3.05, 3.63) is 70.9 Å². The van der Waals surface area contributed by atoms with E-state index in [-0.39, 0.29) is 17.1 Å². The van der Waals surface area contributed by atoms with Crippen LogP contribution in [0.15, 0.2) is 47.5 Å². The number of nitrogens with zero attached hydrogens (tertiary/aromatic N) is 2. The molecule has 0 aliphatic rings. The number of aryl methyl sites for hydroxylation is 1. The van der Waals surface area contributed by atoms with Gasteiger partial charge in [0.25, 0.3) is 5.91 Å². The fourth-order valence-electron chi connectivity index (χ4n) is 2.94. The third kappa shape index (κ3) is 5.59. The van der Waals surface area contributed by atoms with Crippen LogP contribution in [0.4, 0.5) is 23.2 Å². The molecule has 0 fully saturated rings. The summed E-state index contributed by atoms with van der Waals surface area (Å²) in [6.07, 6.45) is -4.20. The van der Waals surface area contributed by atoms with E-state index in [1.54, 1.807) is 6.07 Å². The molecule has 0 saturated heterocycles. The quantitative estimate of drug-likeness (QED) is 0.304. The lowest BCUT2D eigenvalue weighted by molar-refractivity contribution is -0.138. The molecule has 0 radical (unpaired) electrons. The third-order valence-electron chi connectivity index (χ3n) is 4.54. The number of nitrogens with one attached hydrogen (secondary N) is 2. The molecule has 2 heterocycles. The second kappa shape index (κ2) is 9.73. The Bertz CT molecular complexity index is 1190. The van der Waals surface area contributed by atoms with E-state index >= 15 is 0 Å². The number of hydrogen-bond acceptors (Lipinski definition) is 6. The molecule has 0 bridgehead atoms. The first kappa shape index (κ1) is 24.4. The van der Waals surface area contributed by atoms with Gasteiger partial charge in [0.2, 0.25) is 11.8 Å². The summed E-state index contributed by atoms with van der Waals surface area (Å²) in [6, 6.07) is 8.21. The minimum absolute atomic E-state index is 0.0172. The van der Waals surface area contributed by atoms with Crippen LogP contribution in [-0.2, 0) is 17.5 Å². The summed E-state index contributed by atoms with van der Waals surface area (Å²) in [4.78, 5) is 20.7. The number of alkyl halides is 3. The smallest absolute Gasteiger partial charge is 0.418 e. The summed E-state index contributed by atoms with van der Waals surface area (Å²) in [5.74, 6) is -2.09. The predicted molar refractivity (Wildman–Crippen MR) is 113 cm³/mol. The summed E-state index contributed by atoms with van der Waals surface area (Å²) in [6.45, 7) is 2.55. The maximum absolute atomic E-state index is 13.5. The van der Waals surface area contributed by atoms with Crippen LogP contribution in [0.3, 0.4) is 0 Å². The van der Waals surface area contributed by atoms with Crippen molar-refractivity contribution in [3.63, 3.8) is 0 Å². The van der Waals surface area contributed by atoms with Crippen LogP contribution in [0.5, 0.6) is 11.6 Å². The highest BCUT2D eigenvalue weighted by molar-refractivity contribution is 7.89. The molecule has 0 aliphatic carbocycles. The number of benzene rings is 1. The number of carbonyl (C=O) groups excluding carboxylic acids is 1. The van der Waals surface area contributed by atoms with Gasteiger partial charge in [0.1, 0.15) is 5.56 Å². The van der Waals surface area contributed by atoms with Crippen molar-refractivity contribution >= 4 is 23.0 Å². The van der Waals surface area contributed by atoms with Crippen LogP contribution in [0.25, 0.3) is 0 Å². The van der Waals surface area contributed by atoms with E-state index in [1.807, 2.05) is 0 Å². The molecular formula is C21H18F4N4O3S. The minimum Gasteiger partial charge on any atom is -0.593 e. The molecule has 2 N–H and O–H groups in total. The third-order valence-corrected chi connectivity index (χ3v) is 5.59. The van der Waals surface area contributed by atoms with Gasteiger partial charge < -0.3 is 14.6 Å². The topological polar surface area (TPSA) is 99.2 Å². The fourth-order valence-corrected chi connectivity index (χ4v) is 3.61. The van der Waals surface area contributed by atoms with E-state index in [1.165, 1.54) is 38.2 Å². The predicted octanol–water partition coefficient (Wildman–Crippen LogP) is 4.54. The van der Waals surface area contributed by atoms with Crippen molar-refractivity contribution in [2.75, 3.05) is 12.4 Å². The summed E-state index contributed by atoms with van der Waals surface area (Å²) in [5.41, 5.74) is -1.67. The highest BCUT2D eigenvalue weighted by Crippen LogP contribution is 2.37. The molecule has 7 nitrogen and oxygen atoms in total. The monoisotopic (exact) mass is 482 g/mol. The zero-order valence-corrected chi connectivity index (χ0v) is 18.4. The Labute approximate surface area is 189 Å². The number of aromatic nitrogens is 2. The molecule has 1 unspecified atom stereocenters. The standard InChI is InChI=1S/C21H18F4N4O3S/c1-11-15(21(23,24)25)10-27-20(32-16-7-8-17(22)28-12(16)2)18(11)19(30)29-13-5-4-6-14(9-13)33(31)26-3/h4-10,26H,1-3H3,(H,29,30). The highest BCUT2D eigenvalue weighted by Gasteiger charge is 2.36. The van der Waals surface area contributed by atoms with Gasteiger partial charge in [-0.25, -0.2) is 9.97 Å². The van der Waals surface area contributed by atoms with Crippen molar-refractivity contribution in [1.82, 2.24) is 14.7 Å². The van der Waals surface area contributed by atoms with E-state index in [0.29, 0.717) is 11.1 Å². The molecule has 0 aliphatic heterocycles. The number of pyridine rings is 2. The van der Waals surface area contributed by atoms with Gasteiger partial charge in [-0.2, -0.15) is 17.6 Å². The lowest BCUT2D eigenvalue weighted by atomic mass is 10.0. The van der Waals surface area contributed by atoms with Gasteiger partial charge in [-0.15, -0.1) is 4.72 Å². The number of halogens is 4. The van der Waals surface area contributed by atoms with Crippen molar-refractivity contribution < 1.29 is 31.6 Å². The SMILES string of the molecule is CN[S+]([O-])c1cccc(NC(=O)c2c(Oc3ccc(F)nc3C)ncc(C(F)(F)F)c2C)c1. The Hall–Kier alpha value is -3.22. The van der Waals surface area contributed by atoms with Gasteiger partial charge in [0, 0.05) is 25.0 Å². The van der Waals surface area contributed by atoms with Crippen molar-refractivity contribution in [3.8, 4) is 11.6 Å². The molecular weight excluding hydrogens is 464 g/mol. The van der Waals surface area contributed by atoms with E-state index in [4.69, 9.17) is 4.74 Å². The van der Waals surface area contributed by atoms with Crippen LogP contribution >= 0.6 is 0 Å². The minimum atomic E-state index is -4.76. The van der Waals surface area contributed by atoms with E-state index in [0.717, 1.165) is 13.0 Å². The summed E-state index contributed by atoms with van der Waals surface area (Å²) in [7, 11) is 1.48. The Morgan fingerprint density at radius 3 is 2.55 bits per heavy atom. The van der Waals surface area contributed by atoms with Gasteiger partial charge in [0.05, 0.1) is 22.6 Å². The molecule has 174 valence electrons. The largest absolute Gasteiger partial charge is 0.593 e. The Morgan fingerprint density at radius 1 is 1.18 bits per heavy atom. The number of rotatable bonds is 6. The average Bonchev–Trinajstić information content (AvgIpc) is 2.74. The lowest BCUT2D eigenvalue weighted by Crippen LogP contribution is -2.20. The average molecular weight is 482 g/mol. The highest BCUT2D eigenvalue weighted by atomic mass is 32.2. The molecule has 1 atom stereocenters. The zero-order chi connectivity index (χ0) is 24.3. The molecule has 0 saturated carbocycles. The first-order valence-electron chi connectivity index (χ1n) is 9.39. The summed E-state index contributed by atoms with van der Waals surface area (Å²) in [5, 5.41) is 2.48. The normalized spacial score (nSPS) is 12.4. The van der Waals surface area contributed by atoms with Gasteiger partial charge in [-0.3, -0.25) is 4.79 Å². The first-order valence-corrected chi connectivity index (χ1v) is 10.5. The molecule has 2 aromatic heterocycles. The number of carbonyl (C=O) groups is 1. The lowest BCUT2D eigenvalue weighted by Gasteiger charge is -2.17. The molecule has 1 amide bonds. The maximum Gasteiger partial charge on any atom is 0.418 e. The number of amides is 1. The molecule has 3 aromatic rings. The molecule has 0 spiro atoms. The Balaban J connectivity index is 2.04. The second-order valence-electron chi connectivity index (χ2n) is 6.75. The van der Waals surface area contributed by atoms with Crippen molar-refractivity contribution in [1.29, 1.82) is 0 Å². The summed E-state index contributed by atoms with van der Waals surface area (Å²) >= 11 is -1.54. The van der Waals surface area contributed by atoms with Gasteiger partial charge in [-0.05, 0) is 43.7 Å². The zero-order valence-electron chi connectivity index (χ0n) is 17.6.